The molecule has 1 aromatic carbocycles. The Hall–Kier alpha value is -3.27. The maximum absolute atomic E-state index is 13.1. The number of methoxy groups -OCH3 is 1. The summed E-state index contributed by atoms with van der Waals surface area (Å²) in [7, 11) is 1.24. The maximum Gasteiger partial charge on any atom is 0.357 e. The van der Waals surface area contributed by atoms with Gasteiger partial charge in [0.05, 0.1) is 7.11 Å². The first-order valence-corrected chi connectivity index (χ1v) is 10.6. The van der Waals surface area contributed by atoms with Crippen molar-refractivity contribution >= 4 is 40.3 Å². The fourth-order valence-corrected chi connectivity index (χ4v) is 3.95. The molecule has 0 saturated carbocycles. The van der Waals surface area contributed by atoms with E-state index in [0.717, 1.165) is 21.8 Å². The van der Waals surface area contributed by atoms with Crippen LogP contribution in [0.5, 0.6) is 0 Å². The van der Waals surface area contributed by atoms with Crippen molar-refractivity contribution in [1.82, 2.24) is 15.2 Å². The smallest absolute Gasteiger partial charge is 0.357 e. The van der Waals surface area contributed by atoms with E-state index in [1.807, 2.05) is 32.9 Å². The zero-order valence-corrected chi connectivity index (χ0v) is 18.5. The summed E-state index contributed by atoms with van der Waals surface area (Å²) in [6, 6.07) is 4.79. The molecular formula is C21H24N4O5S. The molecule has 2 atom stereocenters. The molecule has 0 bridgehead atoms. The Morgan fingerprint density at radius 2 is 1.94 bits per heavy atom. The predicted molar refractivity (Wildman–Crippen MR) is 115 cm³/mol. The average molecular weight is 445 g/mol. The van der Waals surface area contributed by atoms with Crippen molar-refractivity contribution in [2.75, 3.05) is 12.4 Å². The van der Waals surface area contributed by atoms with Gasteiger partial charge in [-0.1, -0.05) is 43.7 Å². The highest BCUT2D eigenvalue weighted by Crippen LogP contribution is 2.27. The number of nitrogens with one attached hydrogen (secondary N) is 2. The van der Waals surface area contributed by atoms with Crippen molar-refractivity contribution in [1.29, 1.82) is 0 Å². The van der Waals surface area contributed by atoms with E-state index in [-0.39, 0.29) is 23.2 Å². The van der Waals surface area contributed by atoms with Crippen molar-refractivity contribution in [3.8, 4) is 0 Å². The van der Waals surface area contributed by atoms with Gasteiger partial charge in [0.2, 0.25) is 5.91 Å². The molecule has 1 saturated heterocycles. The summed E-state index contributed by atoms with van der Waals surface area (Å²) in [5.74, 6) is -1.61. The third-order valence-electron chi connectivity index (χ3n) is 4.82. The number of rotatable bonds is 7. The molecule has 0 radical (unpaired) electrons. The van der Waals surface area contributed by atoms with E-state index < -0.39 is 35.9 Å². The summed E-state index contributed by atoms with van der Waals surface area (Å²) in [4.78, 5) is 55.4. The molecule has 2 aromatic rings. The van der Waals surface area contributed by atoms with E-state index in [4.69, 9.17) is 0 Å². The van der Waals surface area contributed by atoms with E-state index in [1.54, 1.807) is 12.1 Å². The molecule has 1 aliphatic heterocycles. The summed E-state index contributed by atoms with van der Waals surface area (Å²) in [5, 5.41) is 6.93. The van der Waals surface area contributed by atoms with E-state index in [0.29, 0.717) is 5.56 Å². The van der Waals surface area contributed by atoms with Crippen molar-refractivity contribution < 1.29 is 23.9 Å². The first kappa shape index (κ1) is 22.4. The van der Waals surface area contributed by atoms with Crippen LogP contribution in [0, 0.1) is 12.8 Å². The molecule has 2 N–H and O–H groups in total. The Kier molecular flexibility index (Phi) is 6.69. The van der Waals surface area contributed by atoms with Gasteiger partial charge >= 0.3 is 12.0 Å². The molecule has 4 amide bonds. The lowest BCUT2D eigenvalue weighted by Gasteiger charge is -2.25. The molecule has 10 heteroatoms. The molecule has 2 heterocycles. The number of hydrogen-bond acceptors (Lipinski definition) is 7. The topological polar surface area (TPSA) is 118 Å². The second-order valence-electron chi connectivity index (χ2n) is 7.67. The molecule has 3 rings (SSSR count). The van der Waals surface area contributed by atoms with Crippen molar-refractivity contribution in [2.24, 2.45) is 5.92 Å². The fraction of sp³-hybridized carbons (Fsp3) is 0.381. The predicted octanol–water partition coefficient (Wildman–Crippen LogP) is 2.88. The lowest BCUT2D eigenvalue weighted by molar-refractivity contribution is -0.134. The number of benzene rings is 1. The summed E-state index contributed by atoms with van der Waals surface area (Å²) in [6.45, 7) is 5.72. The van der Waals surface area contributed by atoms with Gasteiger partial charge in [0.1, 0.15) is 12.1 Å². The van der Waals surface area contributed by atoms with Gasteiger partial charge in [0.15, 0.2) is 10.8 Å². The molecule has 0 spiro atoms. The number of esters is 1. The number of nitrogens with zero attached hydrogens (tertiary/aromatic N) is 2. The number of hydrogen-bond donors (Lipinski definition) is 2. The lowest BCUT2D eigenvalue weighted by atomic mass is 10.0. The van der Waals surface area contributed by atoms with Crippen LogP contribution in [0.1, 0.15) is 47.9 Å². The number of amides is 4. The SMILES string of the molecule is COC(=O)c1csc(NC(=O)C(CC(C)C)N2C(=O)NC(c3ccc(C)cc3)C2=O)n1. The Morgan fingerprint density at radius 3 is 2.55 bits per heavy atom. The van der Waals surface area contributed by atoms with Gasteiger partial charge in [0, 0.05) is 5.38 Å². The Morgan fingerprint density at radius 1 is 1.26 bits per heavy atom. The van der Waals surface area contributed by atoms with E-state index in [1.165, 1.54) is 12.5 Å². The van der Waals surface area contributed by atoms with Gasteiger partial charge in [-0.05, 0) is 24.8 Å². The van der Waals surface area contributed by atoms with Crippen LogP contribution in [0.25, 0.3) is 0 Å². The number of carbonyl (C=O) groups excluding carboxylic acids is 4. The second-order valence-corrected chi connectivity index (χ2v) is 8.52. The van der Waals surface area contributed by atoms with Gasteiger partial charge in [-0.15, -0.1) is 11.3 Å². The first-order valence-electron chi connectivity index (χ1n) is 9.76. The van der Waals surface area contributed by atoms with Gasteiger partial charge < -0.3 is 15.4 Å². The quantitative estimate of drug-likeness (QED) is 0.501. The van der Waals surface area contributed by atoms with Crippen LogP contribution in [0.3, 0.4) is 0 Å². The number of imide groups is 1. The van der Waals surface area contributed by atoms with Crippen LogP contribution in [-0.2, 0) is 14.3 Å². The number of thiazole rings is 1. The molecule has 9 nitrogen and oxygen atoms in total. The van der Waals surface area contributed by atoms with E-state index >= 15 is 0 Å². The molecule has 2 unspecified atom stereocenters. The second kappa shape index (κ2) is 9.25. The minimum Gasteiger partial charge on any atom is -0.464 e. The minimum atomic E-state index is -1.02. The molecule has 31 heavy (non-hydrogen) atoms. The molecule has 0 aliphatic carbocycles. The number of anilines is 1. The van der Waals surface area contributed by atoms with Crippen molar-refractivity contribution in [3.63, 3.8) is 0 Å². The van der Waals surface area contributed by atoms with Crippen LogP contribution in [0.2, 0.25) is 0 Å². The zero-order chi connectivity index (χ0) is 22.7. The fourth-order valence-electron chi connectivity index (χ4n) is 3.27. The van der Waals surface area contributed by atoms with Crippen molar-refractivity contribution in [3.05, 3.63) is 46.5 Å². The molecular weight excluding hydrogens is 420 g/mol. The van der Waals surface area contributed by atoms with E-state index in [9.17, 15) is 19.2 Å². The summed E-state index contributed by atoms with van der Waals surface area (Å²) in [6.07, 6.45) is 0.279. The molecule has 164 valence electrons. The van der Waals surface area contributed by atoms with Crippen LogP contribution in [0.15, 0.2) is 29.6 Å². The van der Waals surface area contributed by atoms with E-state index in [2.05, 4.69) is 20.4 Å². The zero-order valence-electron chi connectivity index (χ0n) is 17.7. The van der Waals surface area contributed by atoms with Crippen LogP contribution in [0.4, 0.5) is 9.93 Å². The number of aryl methyl sites for hydroxylation is 1. The highest BCUT2D eigenvalue weighted by Gasteiger charge is 2.45. The molecule has 1 fully saturated rings. The van der Waals surface area contributed by atoms with Gasteiger partial charge in [0.25, 0.3) is 5.91 Å². The van der Waals surface area contributed by atoms with Crippen molar-refractivity contribution in [2.45, 2.75) is 39.3 Å². The maximum atomic E-state index is 13.1. The Bertz CT molecular complexity index is 1000. The normalized spacial score (nSPS) is 16.9. The monoisotopic (exact) mass is 444 g/mol. The average Bonchev–Trinajstić information content (AvgIpc) is 3.30. The third kappa shape index (κ3) is 4.91. The summed E-state index contributed by atoms with van der Waals surface area (Å²) < 4.78 is 4.61. The molecule has 1 aromatic heterocycles. The number of ether oxygens (including phenoxy) is 1. The van der Waals surface area contributed by atoms with Crippen LogP contribution in [-0.4, -0.2) is 46.9 Å². The van der Waals surface area contributed by atoms with Gasteiger partial charge in [-0.2, -0.15) is 0 Å². The third-order valence-corrected chi connectivity index (χ3v) is 5.58. The number of carbonyl (C=O) groups is 4. The highest BCUT2D eigenvalue weighted by atomic mass is 32.1. The van der Waals surface area contributed by atoms with Crippen LogP contribution >= 0.6 is 11.3 Å². The summed E-state index contributed by atoms with van der Waals surface area (Å²) >= 11 is 1.05. The standard InChI is InChI=1S/C21H24N4O5S/c1-11(2)9-15(17(26)24-20-22-14(10-31-20)19(28)30-4)25-18(27)16(23-21(25)29)13-7-5-12(3)6-8-13/h5-8,10-11,15-16H,9H2,1-4H3,(H,23,29)(H,22,24,26). The molecule has 1 aliphatic rings. The van der Waals surface area contributed by atoms with Crippen LogP contribution < -0.4 is 10.6 Å². The lowest BCUT2D eigenvalue weighted by Crippen LogP contribution is -2.48. The highest BCUT2D eigenvalue weighted by molar-refractivity contribution is 7.14. The number of urea groups is 1. The summed E-state index contributed by atoms with van der Waals surface area (Å²) in [5.41, 5.74) is 1.75. The van der Waals surface area contributed by atoms with Gasteiger partial charge in [-0.3, -0.25) is 9.59 Å². The largest absolute Gasteiger partial charge is 0.464 e. The van der Waals surface area contributed by atoms with Gasteiger partial charge in [-0.25, -0.2) is 19.5 Å². The number of aromatic nitrogens is 1. The first-order chi connectivity index (χ1) is 14.7. The Labute approximate surface area is 183 Å². The minimum absolute atomic E-state index is 0.0386. The Balaban J connectivity index is 1.82.